The van der Waals surface area contributed by atoms with Gasteiger partial charge in [0.05, 0.1) is 4.90 Å². The smallest absolute Gasteiger partial charge is 0.241 e. The monoisotopic (exact) mass is 334 g/mol. The molecule has 0 heterocycles. The van der Waals surface area contributed by atoms with Crippen LogP contribution in [0.5, 0.6) is 0 Å². The zero-order valence-electron chi connectivity index (χ0n) is 10.7. The minimum Gasteiger partial charge on any atom is -0.313 e. The number of hydrogen-bond acceptors (Lipinski definition) is 3. The lowest BCUT2D eigenvalue weighted by Gasteiger charge is -2.09. The Morgan fingerprint density at radius 1 is 1.28 bits per heavy atom. The second-order valence-electron chi connectivity index (χ2n) is 3.94. The standard InChI is InChI=1S/C12H19BrN2O2S/c1-3-7-15-18(16,17)12-6-5-10(8-11(12)13)9-14-4-2/h5-6,8,14-15H,3-4,7,9H2,1-2H3. The molecule has 0 aliphatic heterocycles. The molecule has 6 heteroatoms. The third-order valence-electron chi connectivity index (χ3n) is 2.41. The average Bonchev–Trinajstić information content (AvgIpc) is 2.33. The summed E-state index contributed by atoms with van der Waals surface area (Å²) in [6, 6.07) is 5.30. The largest absolute Gasteiger partial charge is 0.313 e. The second kappa shape index (κ2) is 7.23. The number of halogens is 1. The molecule has 0 atom stereocenters. The molecular formula is C12H19BrN2O2S. The molecule has 2 N–H and O–H groups in total. The van der Waals surface area contributed by atoms with Crippen molar-refractivity contribution in [2.45, 2.75) is 31.7 Å². The van der Waals surface area contributed by atoms with Crippen LogP contribution >= 0.6 is 15.9 Å². The minimum absolute atomic E-state index is 0.288. The Morgan fingerprint density at radius 2 is 2.00 bits per heavy atom. The first-order valence-electron chi connectivity index (χ1n) is 6.00. The van der Waals surface area contributed by atoms with Gasteiger partial charge in [0, 0.05) is 17.6 Å². The van der Waals surface area contributed by atoms with E-state index in [2.05, 4.69) is 26.0 Å². The molecule has 4 nitrogen and oxygen atoms in total. The van der Waals surface area contributed by atoms with Crippen LogP contribution in [0.2, 0.25) is 0 Å². The predicted molar refractivity (Wildman–Crippen MR) is 77.0 cm³/mol. The Hall–Kier alpha value is -0.430. The van der Waals surface area contributed by atoms with Gasteiger partial charge >= 0.3 is 0 Å². The first-order valence-corrected chi connectivity index (χ1v) is 8.27. The van der Waals surface area contributed by atoms with Crippen molar-refractivity contribution >= 4 is 26.0 Å². The fourth-order valence-electron chi connectivity index (χ4n) is 1.46. The highest BCUT2D eigenvalue weighted by molar-refractivity contribution is 9.10. The van der Waals surface area contributed by atoms with Crippen molar-refractivity contribution in [2.75, 3.05) is 13.1 Å². The lowest BCUT2D eigenvalue weighted by molar-refractivity contribution is 0.580. The molecule has 102 valence electrons. The molecule has 0 aliphatic rings. The van der Waals surface area contributed by atoms with E-state index in [0.29, 0.717) is 11.0 Å². The normalized spacial score (nSPS) is 11.7. The van der Waals surface area contributed by atoms with Gasteiger partial charge in [0.25, 0.3) is 0 Å². The van der Waals surface area contributed by atoms with Crippen LogP contribution in [0, 0.1) is 0 Å². The molecule has 0 aliphatic carbocycles. The minimum atomic E-state index is -3.41. The summed E-state index contributed by atoms with van der Waals surface area (Å²) in [6.07, 6.45) is 0.773. The Morgan fingerprint density at radius 3 is 2.56 bits per heavy atom. The summed E-state index contributed by atoms with van der Waals surface area (Å²) in [5.41, 5.74) is 1.05. The van der Waals surface area contributed by atoms with E-state index in [0.717, 1.165) is 25.1 Å². The van der Waals surface area contributed by atoms with E-state index in [1.54, 1.807) is 6.07 Å². The maximum absolute atomic E-state index is 12.0. The molecule has 0 fully saturated rings. The van der Waals surface area contributed by atoms with Crippen molar-refractivity contribution in [3.63, 3.8) is 0 Å². The summed E-state index contributed by atoms with van der Waals surface area (Å²) >= 11 is 3.32. The van der Waals surface area contributed by atoms with E-state index in [-0.39, 0.29) is 4.90 Å². The molecule has 0 amide bonds. The SMILES string of the molecule is CCCNS(=O)(=O)c1ccc(CNCC)cc1Br. The summed E-state index contributed by atoms with van der Waals surface area (Å²) in [5, 5.41) is 3.20. The van der Waals surface area contributed by atoms with Crippen molar-refractivity contribution in [3.05, 3.63) is 28.2 Å². The molecule has 0 saturated carbocycles. The van der Waals surface area contributed by atoms with Gasteiger partial charge < -0.3 is 5.32 Å². The molecule has 0 aromatic heterocycles. The molecule has 0 spiro atoms. The van der Waals surface area contributed by atoms with Crippen molar-refractivity contribution in [3.8, 4) is 0 Å². The second-order valence-corrected chi connectivity index (χ2v) is 6.53. The fraction of sp³-hybridized carbons (Fsp3) is 0.500. The van der Waals surface area contributed by atoms with Gasteiger partial charge in [-0.2, -0.15) is 0 Å². The van der Waals surface area contributed by atoms with Gasteiger partial charge in [-0.3, -0.25) is 0 Å². The van der Waals surface area contributed by atoms with E-state index >= 15 is 0 Å². The third kappa shape index (κ3) is 4.35. The number of hydrogen-bond donors (Lipinski definition) is 2. The van der Waals surface area contributed by atoms with Crippen LogP contribution in [0.25, 0.3) is 0 Å². The van der Waals surface area contributed by atoms with Crippen LogP contribution in [0.1, 0.15) is 25.8 Å². The molecule has 0 bridgehead atoms. The maximum atomic E-state index is 12.0. The fourth-order valence-corrected chi connectivity index (χ4v) is 3.71. The van der Waals surface area contributed by atoms with Gasteiger partial charge in [-0.15, -0.1) is 0 Å². The molecular weight excluding hydrogens is 316 g/mol. The van der Waals surface area contributed by atoms with E-state index in [9.17, 15) is 8.42 Å². The molecule has 0 unspecified atom stereocenters. The lowest BCUT2D eigenvalue weighted by Crippen LogP contribution is -2.24. The van der Waals surface area contributed by atoms with Gasteiger partial charge in [0.2, 0.25) is 10.0 Å². The van der Waals surface area contributed by atoms with E-state index < -0.39 is 10.0 Å². The highest BCUT2D eigenvalue weighted by atomic mass is 79.9. The number of sulfonamides is 1. The van der Waals surface area contributed by atoms with Crippen LogP contribution in [-0.2, 0) is 16.6 Å². The van der Waals surface area contributed by atoms with Crippen LogP contribution < -0.4 is 10.0 Å². The van der Waals surface area contributed by atoms with Gasteiger partial charge in [-0.1, -0.05) is 19.9 Å². The predicted octanol–water partition coefficient (Wildman–Crippen LogP) is 2.25. The highest BCUT2D eigenvalue weighted by Crippen LogP contribution is 2.23. The Balaban J connectivity index is 2.91. The highest BCUT2D eigenvalue weighted by Gasteiger charge is 2.16. The first kappa shape index (κ1) is 15.6. The van der Waals surface area contributed by atoms with Gasteiger partial charge in [0.15, 0.2) is 0 Å². The van der Waals surface area contributed by atoms with E-state index in [1.807, 2.05) is 26.0 Å². The summed E-state index contributed by atoms with van der Waals surface area (Å²) in [6.45, 7) is 6.03. The van der Waals surface area contributed by atoms with Crippen molar-refractivity contribution < 1.29 is 8.42 Å². The Bertz CT molecular complexity index is 489. The molecule has 1 aromatic carbocycles. The first-order chi connectivity index (χ1) is 8.51. The Labute approximate surface area is 117 Å². The summed E-state index contributed by atoms with van der Waals surface area (Å²) in [5.74, 6) is 0. The van der Waals surface area contributed by atoms with Crippen LogP contribution in [0.15, 0.2) is 27.6 Å². The average molecular weight is 335 g/mol. The number of rotatable bonds is 7. The maximum Gasteiger partial charge on any atom is 0.241 e. The quantitative estimate of drug-likeness (QED) is 0.804. The summed E-state index contributed by atoms with van der Waals surface area (Å²) in [4.78, 5) is 0.288. The Kier molecular flexibility index (Phi) is 6.28. The molecule has 0 saturated heterocycles. The van der Waals surface area contributed by atoms with Crippen LogP contribution in [-0.4, -0.2) is 21.5 Å². The number of nitrogens with one attached hydrogen (secondary N) is 2. The molecule has 18 heavy (non-hydrogen) atoms. The van der Waals surface area contributed by atoms with Crippen molar-refractivity contribution in [1.82, 2.24) is 10.0 Å². The van der Waals surface area contributed by atoms with Crippen LogP contribution in [0.3, 0.4) is 0 Å². The number of benzene rings is 1. The van der Waals surface area contributed by atoms with E-state index in [1.165, 1.54) is 0 Å². The van der Waals surface area contributed by atoms with Crippen molar-refractivity contribution in [1.29, 1.82) is 0 Å². The lowest BCUT2D eigenvalue weighted by atomic mass is 10.2. The van der Waals surface area contributed by atoms with Crippen molar-refractivity contribution in [2.24, 2.45) is 0 Å². The van der Waals surface area contributed by atoms with Gasteiger partial charge in [-0.05, 0) is 46.6 Å². The topological polar surface area (TPSA) is 58.2 Å². The van der Waals surface area contributed by atoms with Gasteiger partial charge in [0.1, 0.15) is 0 Å². The zero-order valence-corrected chi connectivity index (χ0v) is 13.1. The molecule has 1 aromatic rings. The summed E-state index contributed by atoms with van der Waals surface area (Å²) in [7, 11) is -3.41. The third-order valence-corrected chi connectivity index (χ3v) is 4.84. The van der Waals surface area contributed by atoms with Gasteiger partial charge in [-0.25, -0.2) is 13.1 Å². The molecule has 0 radical (unpaired) electrons. The molecule has 1 rings (SSSR count). The van der Waals surface area contributed by atoms with Crippen LogP contribution in [0.4, 0.5) is 0 Å². The summed E-state index contributed by atoms with van der Waals surface area (Å²) < 4.78 is 27.1. The van der Waals surface area contributed by atoms with E-state index in [4.69, 9.17) is 0 Å². The zero-order chi connectivity index (χ0) is 13.6.